The van der Waals surface area contributed by atoms with Gasteiger partial charge in [-0.1, -0.05) is 24.3 Å². The van der Waals surface area contributed by atoms with Gasteiger partial charge in [0, 0.05) is 6.42 Å². The Morgan fingerprint density at radius 3 is 2.79 bits per heavy atom. The highest BCUT2D eigenvalue weighted by atomic mass is 19.1. The van der Waals surface area contributed by atoms with E-state index in [0.717, 1.165) is 23.3 Å². The molecule has 2 aromatic carbocycles. The molecule has 0 amide bonds. The summed E-state index contributed by atoms with van der Waals surface area (Å²) in [6.45, 7) is 1.88. The van der Waals surface area contributed by atoms with Crippen molar-refractivity contribution in [2.75, 3.05) is 0 Å². The molecule has 2 aromatic rings. The second kappa shape index (κ2) is 4.67. The first-order valence-corrected chi connectivity index (χ1v) is 6.41. The van der Waals surface area contributed by atoms with E-state index in [-0.39, 0.29) is 18.0 Å². The lowest BCUT2D eigenvalue weighted by atomic mass is 9.95. The van der Waals surface area contributed by atoms with Gasteiger partial charge in [0.05, 0.1) is 6.04 Å². The summed E-state index contributed by atoms with van der Waals surface area (Å²) in [6, 6.07) is 12.4. The molecular weight excluding hydrogens is 241 g/mol. The lowest BCUT2D eigenvalue weighted by Crippen LogP contribution is -2.30. The summed E-state index contributed by atoms with van der Waals surface area (Å²) in [7, 11) is 0. The maximum Gasteiger partial charge on any atom is 0.123 e. The van der Waals surface area contributed by atoms with Crippen molar-refractivity contribution in [3.05, 3.63) is 65.0 Å². The zero-order valence-electron chi connectivity index (χ0n) is 10.8. The van der Waals surface area contributed by atoms with Crippen molar-refractivity contribution in [3.63, 3.8) is 0 Å². The summed E-state index contributed by atoms with van der Waals surface area (Å²) < 4.78 is 19.0. The van der Waals surface area contributed by atoms with Crippen LogP contribution in [0.1, 0.15) is 22.7 Å². The number of benzene rings is 2. The Morgan fingerprint density at radius 1 is 1.26 bits per heavy atom. The van der Waals surface area contributed by atoms with E-state index in [1.807, 2.05) is 25.1 Å². The van der Waals surface area contributed by atoms with Gasteiger partial charge in [0.15, 0.2) is 0 Å². The first-order valence-electron chi connectivity index (χ1n) is 6.41. The summed E-state index contributed by atoms with van der Waals surface area (Å²) in [5, 5.41) is 0. The predicted molar refractivity (Wildman–Crippen MR) is 72.6 cm³/mol. The van der Waals surface area contributed by atoms with E-state index in [1.165, 1.54) is 17.7 Å². The van der Waals surface area contributed by atoms with Crippen LogP contribution in [0.4, 0.5) is 4.39 Å². The Hall–Kier alpha value is -1.87. The SMILES string of the molecule is Cc1cc(F)ccc1C(N)C1Cc2ccccc2O1. The lowest BCUT2D eigenvalue weighted by Gasteiger charge is -2.21. The molecule has 3 rings (SSSR count). The number of para-hydroxylation sites is 1. The van der Waals surface area contributed by atoms with Crippen LogP contribution in [0, 0.1) is 12.7 Å². The topological polar surface area (TPSA) is 35.2 Å². The highest BCUT2D eigenvalue weighted by Crippen LogP contribution is 2.33. The number of nitrogens with two attached hydrogens (primary N) is 1. The van der Waals surface area contributed by atoms with Gasteiger partial charge in [-0.2, -0.15) is 0 Å². The van der Waals surface area contributed by atoms with Gasteiger partial charge >= 0.3 is 0 Å². The highest BCUT2D eigenvalue weighted by Gasteiger charge is 2.29. The fourth-order valence-electron chi connectivity index (χ4n) is 2.62. The third kappa shape index (κ3) is 2.22. The van der Waals surface area contributed by atoms with E-state index >= 15 is 0 Å². The number of hydrogen-bond donors (Lipinski definition) is 1. The molecule has 2 unspecified atom stereocenters. The van der Waals surface area contributed by atoms with Crippen LogP contribution in [0.2, 0.25) is 0 Å². The normalized spacial score (nSPS) is 18.8. The molecule has 2 nitrogen and oxygen atoms in total. The second-order valence-corrected chi connectivity index (χ2v) is 4.99. The molecule has 1 aliphatic rings. The largest absolute Gasteiger partial charge is 0.488 e. The molecule has 1 aliphatic heterocycles. The second-order valence-electron chi connectivity index (χ2n) is 4.99. The molecule has 19 heavy (non-hydrogen) atoms. The zero-order chi connectivity index (χ0) is 13.4. The van der Waals surface area contributed by atoms with Crippen molar-refractivity contribution in [2.24, 2.45) is 5.73 Å². The first-order chi connectivity index (χ1) is 9.15. The van der Waals surface area contributed by atoms with Crippen LogP contribution in [0.15, 0.2) is 42.5 Å². The molecule has 98 valence electrons. The summed E-state index contributed by atoms with van der Waals surface area (Å²) in [5.74, 6) is 0.673. The van der Waals surface area contributed by atoms with E-state index in [4.69, 9.17) is 10.5 Å². The minimum absolute atomic E-state index is 0.0819. The number of hydrogen-bond acceptors (Lipinski definition) is 2. The van der Waals surface area contributed by atoms with E-state index in [1.54, 1.807) is 6.07 Å². The summed E-state index contributed by atoms with van der Waals surface area (Å²) >= 11 is 0. The molecule has 0 aromatic heterocycles. The van der Waals surface area contributed by atoms with Gasteiger partial charge < -0.3 is 10.5 Å². The van der Waals surface area contributed by atoms with E-state index in [9.17, 15) is 4.39 Å². The summed E-state index contributed by atoms with van der Waals surface area (Å²) in [4.78, 5) is 0. The van der Waals surface area contributed by atoms with Crippen molar-refractivity contribution in [2.45, 2.75) is 25.5 Å². The molecule has 0 aliphatic carbocycles. The molecule has 1 heterocycles. The Labute approximate surface area is 112 Å². The quantitative estimate of drug-likeness (QED) is 0.897. The number of fused-ring (bicyclic) bond motifs is 1. The third-order valence-electron chi connectivity index (χ3n) is 3.66. The van der Waals surface area contributed by atoms with Crippen LogP contribution < -0.4 is 10.5 Å². The van der Waals surface area contributed by atoms with E-state index < -0.39 is 0 Å². The average molecular weight is 257 g/mol. The van der Waals surface area contributed by atoms with Crippen molar-refractivity contribution in [1.29, 1.82) is 0 Å². The number of ether oxygens (including phenoxy) is 1. The Bertz CT molecular complexity index is 586. The summed E-state index contributed by atoms with van der Waals surface area (Å²) in [6.07, 6.45) is 0.718. The first kappa shape index (κ1) is 12.2. The number of rotatable bonds is 2. The molecule has 0 saturated carbocycles. The molecule has 3 heteroatoms. The van der Waals surface area contributed by atoms with Crippen LogP contribution in [-0.4, -0.2) is 6.10 Å². The average Bonchev–Trinajstić information content (AvgIpc) is 2.81. The van der Waals surface area contributed by atoms with Crippen LogP contribution in [0.3, 0.4) is 0 Å². The van der Waals surface area contributed by atoms with Gasteiger partial charge in [0.1, 0.15) is 17.7 Å². The minimum Gasteiger partial charge on any atom is -0.488 e. The maximum absolute atomic E-state index is 13.1. The number of halogens is 1. The third-order valence-corrected chi connectivity index (χ3v) is 3.66. The van der Waals surface area contributed by atoms with Crippen LogP contribution >= 0.6 is 0 Å². The van der Waals surface area contributed by atoms with Crippen molar-refractivity contribution < 1.29 is 9.13 Å². The van der Waals surface area contributed by atoms with Crippen LogP contribution in [0.25, 0.3) is 0 Å². The predicted octanol–water partition coefficient (Wildman–Crippen LogP) is 3.14. The van der Waals surface area contributed by atoms with Gasteiger partial charge in [-0.3, -0.25) is 0 Å². The molecule has 2 N–H and O–H groups in total. The van der Waals surface area contributed by atoms with Crippen molar-refractivity contribution >= 4 is 0 Å². The molecule has 0 bridgehead atoms. The molecule has 0 spiro atoms. The van der Waals surface area contributed by atoms with Crippen molar-refractivity contribution in [3.8, 4) is 5.75 Å². The highest BCUT2D eigenvalue weighted by molar-refractivity contribution is 5.39. The monoisotopic (exact) mass is 257 g/mol. The smallest absolute Gasteiger partial charge is 0.123 e. The Kier molecular flexibility index (Phi) is 2.99. The lowest BCUT2D eigenvalue weighted by molar-refractivity contribution is 0.199. The maximum atomic E-state index is 13.1. The molecule has 0 radical (unpaired) electrons. The molecular formula is C16H16FNO. The van der Waals surface area contributed by atoms with E-state index in [2.05, 4.69) is 6.07 Å². The number of aryl methyl sites for hydroxylation is 1. The van der Waals surface area contributed by atoms with Gasteiger partial charge in [-0.25, -0.2) is 4.39 Å². The van der Waals surface area contributed by atoms with Crippen LogP contribution in [-0.2, 0) is 6.42 Å². The van der Waals surface area contributed by atoms with Crippen LogP contribution in [0.5, 0.6) is 5.75 Å². The molecule has 2 atom stereocenters. The fourth-order valence-corrected chi connectivity index (χ4v) is 2.62. The van der Waals surface area contributed by atoms with Gasteiger partial charge in [0.25, 0.3) is 0 Å². The standard InChI is InChI=1S/C16H16FNO/c1-10-8-12(17)6-7-13(10)16(18)15-9-11-4-2-3-5-14(11)19-15/h2-8,15-16H,9,18H2,1H3. The minimum atomic E-state index is -0.243. The van der Waals surface area contributed by atoms with Crippen molar-refractivity contribution in [1.82, 2.24) is 0 Å². The van der Waals surface area contributed by atoms with E-state index in [0.29, 0.717) is 0 Å². The summed E-state index contributed by atoms with van der Waals surface area (Å²) in [5.41, 5.74) is 9.28. The zero-order valence-corrected chi connectivity index (χ0v) is 10.8. The Balaban J connectivity index is 1.85. The Morgan fingerprint density at radius 2 is 2.05 bits per heavy atom. The molecule has 0 saturated heterocycles. The molecule has 0 fully saturated rings. The van der Waals surface area contributed by atoms with Gasteiger partial charge in [-0.15, -0.1) is 0 Å². The van der Waals surface area contributed by atoms with Gasteiger partial charge in [0.2, 0.25) is 0 Å². The fraction of sp³-hybridized carbons (Fsp3) is 0.250. The van der Waals surface area contributed by atoms with Gasteiger partial charge in [-0.05, 0) is 41.8 Å².